The van der Waals surface area contributed by atoms with E-state index in [4.69, 9.17) is 5.73 Å². The number of amides is 1. The van der Waals surface area contributed by atoms with E-state index >= 15 is 0 Å². The average Bonchev–Trinajstić information content (AvgIpc) is 3.28. The Morgan fingerprint density at radius 2 is 2.08 bits per heavy atom. The second-order valence-corrected chi connectivity index (χ2v) is 6.40. The Hall–Kier alpha value is -3.00. The van der Waals surface area contributed by atoms with Gasteiger partial charge in [0.15, 0.2) is 5.82 Å². The number of carbonyl (C=O) groups is 1. The Bertz CT molecular complexity index is 847. The van der Waals surface area contributed by atoms with Crippen LogP contribution in [0, 0.1) is 0 Å². The molecule has 3 N–H and O–H groups in total. The molecule has 1 aliphatic heterocycles. The van der Waals surface area contributed by atoms with Crippen LogP contribution in [0.1, 0.15) is 11.5 Å². The van der Waals surface area contributed by atoms with Gasteiger partial charge in [-0.15, -0.1) is 0 Å². The molecule has 0 fully saturated rings. The topological polar surface area (TPSA) is 106 Å². The van der Waals surface area contributed by atoms with Gasteiger partial charge in [-0.25, -0.2) is 14.6 Å². The van der Waals surface area contributed by atoms with E-state index in [1.807, 2.05) is 35.0 Å². The highest BCUT2D eigenvalue weighted by atomic mass is 16.2. The predicted octanol–water partition coefficient (Wildman–Crippen LogP) is 0.623. The number of benzene rings is 1. The minimum absolute atomic E-state index is 0.0476. The van der Waals surface area contributed by atoms with Crippen LogP contribution in [0.15, 0.2) is 42.9 Å². The molecular weight excluding hydrogens is 330 g/mol. The fourth-order valence-corrected chi connectivity index (χ4v) is 3.19. The van der Waals surface area contributed by atoms with Crippen LogP contribution in [0.3, 0.4) is 0 Å². The molecule has 0 radical (unpaired) electrons. The van der Waals surface area contributed by atoms with Gasteiger partial charge < -0.3 is 15.6 Å². The van der Waals surface area contributed by atoms with Crippen molar-refractivity contribution < 1.29 is 4.79 Å². The summed E-state index contributed by atoms with van der Waals surface area (Å²) >= 11 is 0. The lowest BCUT2D eigenvalue weighted by molar-refractivity contribution is -0.132. The Morgan fingerprint density at radius 1 is 1.23 bits per heavy atom. The molecule has 3 aromatic rings. The second kappa shape index (κ2) is 7.09. The maximum absolute atomic E-state index is 12.7. The average molecular weight is 351 g/mol. The summed E-state index contributed by atoms with van der Waals surface area (Å²) < 4.78 is 1.90. The molecule has 0 saturated heterocycles. The lowest BCUT2D eigenvalue weighted by Crippen LogP contribution is -2.46. The van der Waals surface area contributed by atoms with Gasteiger partial charge in [-0.2, -0.15) is 5.10 Å². The highest BCUT2D eigenvalue weighted by Crippen LogP contribution is 2.17. The first-order valence-electron chi connectivity index (χ1n) is 8.71. The number of fused-ring (bicyclic) bond motifs is 1. The van der Waals surface area contributed by atoms with Crippen LogP contribution >= 0.6 is 0 Å². The number of carbonyl (C=O) groups excluding carboxylic acids is 1. The van der Waals surface area contributed by atoms with Gasteiger partial charge in [-0.05, 0) is 0 Å². The molecule has 0 bridgehead atoms. The molecule has 1 aromatic carbocycles. The summed E-state index contributed by atoms with van der Waals surface area (Å²) in [6, 6.07) is 9.35. The fourth-order valence-electron chi connectivity index (χ4n) is 3.19. The molecule has 1 aliphatic rings. The third kappa shape index (κ3) is 3.36. The molecule has 4 rings (SSSR count). The molecule has 8 nitrogen and oxygen atoms in total. The number of nitrogens with one attached hydrogen (secondary N) is 1. The quantitative estimate of drug-likeness (QED) is 0.717. The van der Waals surface area contributed by atoms with Gasteiger partial charge in [0.25, 0.3) is 0 Å². The summed E-state index contributed by atoms with van der Waals surface area (Å²) in [5.74, 6) is 1.59. The van der Waals surface area contributed by atoms with Gasteiger partial charge >= 0.3 is 0 Å². The molecule has 0 spiro atoms. The van der Waals surface area contributed by atoms with Crippen molar-refractivity contribution in [1.29, 1.82) is 0 Å². The lowest BCUT2D eigenvalue weighted by Gasteiger charge is -2.23. The van der Waals surface area contributed by atoms with Crippen LogP contribution in [0.25, 0.3) is 11.4 Å². The van der Waals surface area contributed by atoms with Crippen molar-refractivity contribution in [3.63, 3.8) is 0 Å². The Morgan fingerprint density at radius 3 is 2.85 bits per heavy atom. The van der Waals surface area contributed by atoms with E-state index in [1.165, 1.54) is 0 Å². The monoisotopic (exact) mass is 351 g/mol. The van der Waals surface area contributed by atoms with Gasteiger partial charge in [-0.3, -0.25) is 4.79 Å². The van der Waals surface area contributed by atoms with Crippen LogP contribution in [-0.4, -0.2) is 54.7 Å². The number of hydrogen-bond donors (Lipinski definition) is 2. The van der Waals surface area contributed by atoms with Crippen LogP contribution < -0.4 is 5.73 Å². The Kier molecular flexibility index (Phi) is 4.49. The third-order valence-electron chi connectivity index (χ3n) is 4.59. The second-order valence-electron chi connectivity index (χ2n) is 6.40. The zero-order valence-electron chi connectivity index (χ0n) is 14.4. The van der Waals surface area contributed by atoms with Crippen molar-refractivity contribution in [2.45, 2.75) is 25.4 Å². The van der Waals surface area contributed by atoms with E-state index in [0.29, 0.717) is 32.5 Å². The Balaban J connectivity index is 1.42. The molecule has 1 amide bonds. The number of hydrogen-bond acceptors (Lipinski definition) is 5. The number of imidazole rings is 1. The van der Waals surface area contributed by atoms with E-state index in [2.05, 4.69) is 20.1 Å². The van der Waals surface area contributed by atoms with E-state index < -0.39 is 6.04 Å². The maximum atomic E-state index is 12.7. The minimum Gasteiger partial charge on any atom is -0.348 e. The number of H-pyrrole nitrogens is 1. The number of rotatable bonds is 4. The van der Waals surface area contributed by atoms with E-state index in [0.717, 1.165) is 22.9 Å². The van der Waals surface area contributed by atoms with Gasteiger partial charge in [-0.1, -0.05) is 30.3 Å². The number of nitrogens with zero attached hydrogens (tertiary/aromatic N) is 5. The number of aromatic amines is 1. The van der Waals surface area contributed by atoms with E-state index in [9.17, 15) is 4.79 Å². The van der Waals surface area contributed by atoms with Gasteiger partial charge in [0.2, 0.25) is 5.91 Å². The first-order valence-corrected chi connectivity index (χ1v) is 8.71. The zero-order chi connectivity index (χ0) is 17.9. The predicted molar refractivity (Wildman–Crippen MR) is 96.0 cm³/mol. The summed E-state index contributed by atoms with van der Waals surface area (Å²) in [5, 5.41) is 4.60. The van der Waals surface area contributed by atoms with E-state index in [1.54, 1.807) is 17.4 Å². The molecule has 0 saturated carbocycles. The largest absolute Gasteiger partial charge is 0.348 e. The standard InChI is InChI=1S/C18H21N7O/c19-15(10-14-11-20-12-21-14)18(26)24-7-6-16-22-17(23-25(16)9-8-24)13-4-2-1-3-5-13/h1-5,11-12,15H,6-10,19H2,(H,20,21)/t15-/m0/s1. The number of nitrogens with two attached hydrogens (primary N) is 1. The molecule has 8 heteroatoms. The summed E-state index contributed by atoms with van der Waals surface area (Å²) in [6.45, 7) is 1.81. The smallest absolute Gasteiger partial charge is 0.239 e. The first-order chi connectivity index (χ1) is 12.7. The molecule has 3 heterocycles. The molecule has 1 atom stereocenters. The summed E-state index contributed by atoms with van der Waals surface area (Å²) in [7, 11) is 0. The van der Waals surface area contributed by atoms with Gasteiger partial charge in [0, 0.05) is 43.4 Å². The van der Waals surface area contributed by atoms with Crippen molar-refractivity contribution >= 4 is 5.91 Å². The first kappa shape index (κ1) is 16.5. The Labute approximate surface area is 151 Å². The van der Waals surface area contributed by atoms with Crippen molar-refractivity contribution in [3.05, 3.63) is 54.4 Å². The lowest BCUT2D eigenvalue weighted by atomic mass is 10.1. The van der Waals surface area contributed by atoms with Gasteiger partial charge in [0.05, 0.1) is 18.9 Å². The van der Waals surface area contributed by atoms with Crippen molar-refractivity contribution in [2.75, 3.05) is 13.1 Å². The van der Waals surface area contributed by atoms with Crippen molar-refractivity contribution in [1.82, 2.24) is 29.6 Å². The van der Waals surface area contributed by atoms with Crippen LogP contribution in [-0.2, 0) is 24.2 Å². The molecule has 26 heavy (non-hydrogen) atoms. The summed E-state index contributed by atoms with van der Waals surface area (Å²) in [5.41, 5.74) is 7.96. The van der Waals surface area contributed by atoms with Gasteiger partial charge in [0.1, 0.15) is 5.82 Å². The summed E-state index contributed by atoms with van der Waals surface area (Å²) in [6.07, 6.45) is 4.41. The molecule has 134 valence electrons. The van der Waals surface area contributed by atoms with Crippen LogP contribution in [0.2, 0.25) is 0 Å². The van der Waals surface area contributed by atoms with Crippen molar-refractivity contribution in [2.24, 2.45) is 5.73 Å². The normalized spacial score (nSPS) is 15.3. The minimum atomic E-state index is -0.575. The van der Waals surface area contributed by atoms with Crippen molar-refractivity contribution in [3.8, 4) is 11.4 Å². The molecule has 0 aliphatic carbocycles. The molecule has 0 unspecified atom stereocenters. The summed E-state index contributed by atoms with van der Waals surface area (Å²) in [4.78, 5) is 26.1. The highest BCUT2D eigenvalue weighted by molar-refractivity contribution is 5.82. The fraction of sp³-hybridized carbons (Fsp3) is 0.333. The zero-order valence-corrected chi connectivity index (χ0v) is 14.4. The highest BCUT2D eigenvalue weighted by Gasteiger charge is 2.25. The van der Waals surface area contributed by atoms with Crippen LogP contribution in [0.4, 0.5) is 0 Å². The SMILES string of the molecule is N[C@@H](Cc1cnc[nH]1)C(=O)N1CCc2nc(-c3ccccc3)nn2CC1. The maximum Gasteiger partial charge on any atom is 0.239 e. The number of aromatic nitrogens is 5. The van der Waals surface area contributed by atoms with E-state index in [-0.39, 0.29) is 5.91 Å². The molecule has 2 aromatic heterocycles. The molecular formula is C18H21N7O. The van der Waals surface area contributed by atoms with Crippen LogP contribution in [0.5, 0.6) is 0 Å². The third-order valence-corrected chi connectivity index (χ3v) is 4.59.